The van der Waals surface area contributed by atoms with Crippen LogP contribution in [0.1, 0.15) is 27.0 Å². The SMILES string of the molecule is COc1cc(C)c(C(=O)c2ccc(F)cc2F)cc1C. The normalized spacial score (nSPS) is 10.4. The molecule has 0 amide bonds. The first-order valence-corrected chi connectivity index (χ1v) is 6.09. The van der Waals surface area contributed by atoms with Gasteiger partial charge in [0.25, 0.3) is 0 Å². The van der Waals surface area contributed by atoms with E-state index < -0.39 is 17.4 Å². The summed E-state index contributed by atoms with van der Waals surface area (Å²) in [6, 6.07) is 6.32. The summed E-state index contributed by atoms with van der Waals surface area (Å²) in [4.78, 5) is 12.3. The van der Waals surface area contributed by atoms with Crippen LogP contribution < -0.4 is 4.74 Å². The van der Waals surface area contributed by atoms with Crippen LogP contribution in [-0.2, 0) is 0 Å². The third-order valence-corrected chi connectivity index (χ3v) is 3.16. The summed E-state index contributed by atoms with van der Waals surface area (Å²) >= 11 is 0. The Morgan fingerprint density at radius 2 is 1.70 bits per heavy atom. The van der Waals surface area contributed by atoms with Gasteiger partial charge in [-0.1, -0.05) is 0 Å². The number of carbonyl (C=O) groups excluding carboxylic acids is 1. The van der Waals surface area contributed by atoms with Crippen molar-refractivity contribution < 1.29 is 18.3 Å². The largest absolute Gasteiger partial charge is 0.496 e. The van der Waals surface area contributed by atoms with Crippen LogP contribution in [0.3, 0.4) is 0 Å². The molecule has 0 radical (unpaired) electrons. The number of halogens is 2. The Labute approximate surface area is 116 Å². The van der Waals surface area contributed by atoms with E-state index in [0.717, 1.165) is 17.7 Å². The smallest absolute Gasteiger partial charge is 0.196 e. The Morgan fingerprint density at radius 1 is 1.00 bits per heavy atom. The molecule has 0 bridgehead atoms. The maximum atomic E-state index is 13.7. The molecule has 0 fully saturated rings. The molecular weight excluding hydrogens is 262 g/mol. The lowest BCUT2D eigenvalue weighted by Crippen LogP contribution is -2.07. The van der Waals surface area contributed by atoms with Crippen molar-refractivity contribution in [3.63, 3.8) is 0 Å². The number of rotatable bonds is 3. The van der Waals surface area contributed by atoms with Crippen molar-refractivity contribution in [2.24, 2.45) is 0 Å². The van der Waals surface area contributed by atoms with Gasteiger partial charge in [-0.2, -0.15) is 0 Å². The number of aryl methyl sites for hydroxylation is 2. The van der Waals surface area contributed by atoms with Crippen molar-refractivity contribution in [2.75, 3.05) is 7.11 Å². The number of carbonyl (C=O) groups is 1. The Kier molecular flexibility index (Phi) is 3.84. The van der Waals surface area contributed by atoms with E-state index in [2.05, 4.69) is 0 Å². The number of ketones is 1. The highest BCUT2D eigenvalue weighted by atomic mass is 19.1. The van der Waals surface area contributed by atoms with Crippen molar-refractivity contribution >= 4 is 5.78 Å². The minimum Gasteiger partial charge on any atom is -0.496 e. The van der Waals surface area contributed by atoms with Crippen LogP contribution in [0.25, 0.3) is 0 Å². The minimum atomic E-state index is -0.858. The molecule has 0 aliphatic heterocycles. The molecule has 104 valence electrons. The number of hydrogen-bond acceptors (Lipinski definition) is 2. The lowest BCUT2D eigenvalue weighted by molar-refractivity contribution is 0.103. The third kappa shape index (κ3) is 2.54. The van der Waals surface area contributed by atoms with Crippen molar-refractivity contribution in [2.45, 2.75) is 13.8 Å². The van der Waals surface area contributed by atoms with E-state index in [1.807, 2.05) is 0 Å². The second-order valence-electron chi connectivity index (χ2n) is 4.59. The van der Waals surface area contributed by atoms with E-state index in [9.17, 15) is 13.6 Å². The second kappa shape index (κ2) is 5.41. The van der Waals surface area contributed by atoms with Gasteiger partial charge in [0.1, 0.15) is 17.4 Å². The van der Waals surface area contributed by atoms with Crippen LogP contribution in [0.15, 0.2) is 30.3 Å². The van der Waals surface area contributed by atoms with Crippen LogP contribution in [0.4, 0.5) is 8.78 Å². The predicted molar refractivity (Wildman–Crippen MR) is 72.3 cm³/mol. The average Bonchev–Trinajstić information content (AvgIpc) is 2.40. The van der Waals surface area contributed by atoms with Crippen molar-refractivity contribution in [1.29, 1.82) is 0 Å². The number of ether oxygens (including phenoxy) is 1. The van der Waals surface area contributed by atoms with E-state index in [1.165, 1.54) is 0 Å². The molecule has 2 nitrogen and oxygen atoms in total. The highest BCUT2D eigenvalue weighted by molar-refractivity contribution is 6.10. The summed E-state index contributed by atoms with van der Waals surface area (Å²) in [6.45, 7) is 3.55. The first-order valence-electron chi connectivity index (χ1n) is 6.09. The van der Waals surface area contributed by atoms with E-state index in [1.54, 1.807) is 33.1 Å². The summed E-state index contributed by atoms with van der Waals surface area (Å²) in [7, 11) is 1.54. The van der Waals surface area contributed by atoms with Crippen molar-refractivity contribution in [3.05, 3.63) is 64.2 Å². The van der Waals surface area contributed by atoms with Gasteiger partial charge in [-0.25, -0.2) is 8.78 Å². The van der Waals surface area contributed by atoms with Crippen molar-refractivity contribution in [1.82, 2.24) is 0 Å². The fraction of sp³-hybridized carbons (Fsp3) is 0.188. The van der Waals surface area contributed by atoms with Gasteiger partial charge in [0.2, 0.25) is 0 Å². The van der Waals surface area contributed by atoms with Crippen molar-refractivity contribution in [3.8, 4) is 5.75 Å². The number of hydrogen-bond donors (Lipinski definition) is 0. The monoisotopic (exact) mass is 276 g/mol. The molecule has 0 atom stereocenters. The molecule has 0 aliphatic rings. The van der Waals surface area contributed by atoms with Gasteiger partial charge in [0, 0.05) is 11.6 Å². The number of benzene rings is 2. The molecule has 0 spiro atoms. The Bertz CT molecular complexity index is 678. The molecule has 0 heterocycles. The van der Waals surface area contributed by atoms with E-state index in [4.69, 9.17) is 4.74 Å². The van der Waals surface area contributed by atoms with Crippen LogP contribution in [0.5, 0.6) is 5.75 Å². The first kappa shape index (κ1) is 14.2. The van der Waals surface area contributed by atoms with Gasteiger partial charge in [0.05, 0.1) is 12.7 Å². The fourth-order valence-corrected chi connectivity index (χ4v) is 2.07. The Morgan fingerprint density at radius 3 is 2.30 bits per heavy atom. The zero-order valence-electron chi connectivity index (χ0n) is 11.5. The molecule has 2 aromatic rings. The maximum absolute atomic E-state index is 13.7. The van der Waals surface area contributed by atoms with Gasteiger partial charge in [-0.3, -0.25) is 4.79 Å². The highest BCUT2D eigenvalue weighted by Gasteiger charge is 2.18. The predicted octanol–water partition coefficient (Wildman–Crippen LogP) is 3.82. The van der Waals surface area contributed by atoms with Gasteiger partial charge in [0.15, 0.2) is 5.78 Å². The summed E-state index contributed by atoms with van der Waals surface area (Å²) < 4.78 is 31.7. The third-order valence-electron chi connectivity index (χ3n) is 3.16. The van der Waals surface area contributed by atoms with E-state index >= 15 is 0 Å². The zero-order chi connectivity index (χ0) is 14.9. The molecule has 4 heteroatoms. The topological polar surface area (TPSA) is 26.3 Å². The maximum Gasteiger partial charge on any atom is 0.196 e. The molecule has 0 unspecified atom stereocenters. The Balaban J connectivity index is 2.51. The van der Waals surface area contributed by atoms with Gasteiger partial charge < -0.3 is 4.74 Å². The molecule has 0 saturated heterocycles. The van der Waals surface area contributed by atoms with Gasteiger partial charge in [-0.15, -0.1) is 0 Å². The van der Waals surface area contributed by atoms with Crippen LogP contribution in [-0.4, -0.2) is 12.9 Å². The molecule has 20 heavy (non-hydrogen) atoms. The first-order chi connectivity index (χ1) is 9.43. The molecule has 2 rings (SSSR count). The summed E-state index contributed by atoms with van der Waals surface area (Å²) in [5, 5.41) is 0. The van der Waals surface area contributed by atoms with E-state index in [-0.39, 0.29) is 5.56 Å². The average molecular weight is 276 g/mol. The second-order valence-corrected chi connectivity index (χ2v) is 4.59. The standard InChI is InChI=1S/C16H14F2O2/c1-9-7-15(20-3)10(2)6-13(9)16(19)12-5-4-11(17)8-14(12)18/h4-8H,1-3H3. The molecule has 0 N–H and O–H groups in total. The van der Waals surface area contributed by atoms with Crippen LogP contribution >= 0.6 is 0 Å². The fourth-order valence-electron chi connectivity index (χ4n) is 2.07. The highest BCUT2D eigenvalue weighted by Crippen LogP contribution is 2.25. The lowest BCUT2D eigenvalue weighted by atomic mass is 9.96. The van der Waals surface area contributed by atoms with Gasteiger partial charge in [-0.05, 0) is 49.2 Å². The Hall–Kier alpha value is -2.23. The molecule has 2 aromatic carbocycles. The molecule has 0 saturated carbocycles. The quantitative estimate of drug-likeness (QED) is 0.797. The molecular formula is C16H14F2O2. The number of methoxy groups -OCH3 is 1. The molecule has 0 aliphatic carbocycles. The lowest BCUT2D eigenvalue weighted by Gasteiger charge is -2.11. The minimum absolute atomic E-state index is 0.140. The molecule has 0 aromatic heterocycles. The van der Waals surface area contributed by atoms with Gasteiger partial charge >= 0.3 is 0 Å². The van der Waals surface area contributed by atoms with Crippen LogP contribution in [0.2, 0.25) is 0 Å². The van der Waals surface area contributed by atoms with Crippen LogP contribution in [0, 0.1) is 25.5 Å². The summed E-state index contributed by atoms with van der Waals surface area (Å²) in [6.07, 6.45) is 0. The summed E-state index contributed by atoms with van der Waals surface area (Å²) in [5.41, 5.74) is 1.71. The van der Waals surface area contributed by atoms with E-state index in [0.29, 0.717) is 22.9 Å². The summed E-state index contributed by atoms with van der Waals surface area (Å²) in [5.74, 6) is -1.37. The zero-order valence-corrected chi connectivity index (χ0v) is 11.5.